The summed E-state index contributed by atoms with van der Waals surface area (Å²) >= 11 is 0. The van der Waals surface area contributed by atoms with Crippen molar-refractivity contribution in [1.29, 1.82) is 0 Å². The summed E-state index contributed by atoms with van der Waals surface area (Å²) in [6, 6.07) is 8.78. The zero-order chi connectivity index (χ0) is 19.2. The summed E-state index contributed by atoms with van der Waals surface area (Å²) < 4.78 is 10.8. The fourth-order valence-electron chi connectivity index (χ4n) is 3.41. The highest BCUT2D eigenvalue weighted by atomic mass is 16.5. The molecule has 3 rings (SSSR count). The van der Waals surface area contributed by atoms with Gasteiger partial charge in [-0.3, -0.25) is 14.5 Å². The molecule has 0 spiro atoms. The van der Waals surface area contributed by atoms with Gasteiger partial charge in [0.25, 0.3) is 5.91 Å². The van der Waals surface area contributed by atoms with E-state index in [2.05, 4.69) is 15.2 Å². The molecule has 1 aromatic carbocycles. The summed E-state index contributed by atoms with van der Waals surface area (Å²) in [6.45, 7) is 2.45. The van der Waals surface area contributed by atoms with E-state index >= 15 is 0 Å². The van der Waals surface area contributed by atoms with Gasteiger partial charge in [0.05, 0.1) is 25.8 Å². The normalized spacial score (nSPS) is 15.3. The van der Waals surface area contributed by atoms with Crippen LogP contribution >= 0.6 is 0 Å². The Morgan fingerprint density at radius 2 is 1.89 bits per heavy atom. The Bertz CT molecular complexity index is 823. The molecule has 0 bridgehead atoms. The van der Waals surface area contributed by atoms with Crippen LogP contribution in [0.4, 0.5) is 0 Å². The molecule has 1 aliphatic heterocycles. The molecule has 0 radical (unpaired) electrons. The number of amides is 1. The molecule has 27 heavy (non-hydrogen) atoms. The van der Waals surface area contributed by atoms with E-state index in [0.717, 1.165) is 31.5 Å². The lowest BCUT2D eigenvalue weighted by Gasteiger charge is -2.28. The number of rotatable bonds is 7. The van der Waals surface area contributed by atoms with Crippen molar-refractivity contribution in [2.45, 2.75) is 18.9 Å². The van der Waals surface area contributed by atoms with Crippen LogP contribution in [-0.2, 0) is 0 Å². The third kappa shape index (κ3) is 4.49. The van der Waals surface area contributed by atoms with Gasteiger partial charge in [-0.1, -0.05) is 6.07 Å². The van der Waals surface area contributed by atoms with Crippen molar-refractivity contribution in [3.8, 4) is 11.5 Å². The van der Waals surface area contributed by atoms with E-state index in [0.29, 0.717) is 23.6 Å². The second kappa shape index (κ2) is 8.73. The number of hydrogen-bond donors (Lipinski definition) is 2. The van der Waals surface area contributed by atoms with Crippen molar-refractivity contribution in [1.82, 2.24) is 15.2 Å². The fraction of sp³-hybridized carbons (Fsp3) is 0.400. The molecule has 7 nitrogen and oxygen atoms in total. The molecule has 1 atom stereocenters. The summed E-state index contributed by atoms with van der Waals surface area (Å²) in [5.41, 5.74) is 1.27. The number of nitrogens with zero attached hydrogens (tertiary/aromatic N) is 1. The fourth-order valence-corrected chi connectivity index (χ4v) is 3.41. The maximum absolute atomic E-state index is 12.4. The average Bonchev–Trinajstić information content (AvgIpc) is 3.22. The van der Waals surface area contributed by atoms with Crippen LogP contribution in [0.15, 0.2) is 41.3 Å². The first-order valence-electron chi connectivity index (χ1n) is 9.05. The lowest BCUT2D eigenvalue weighted by molar-refractivity contribution is 0.0937. The van der Waals surface area contributed by atoms with Gasteiger partial charge in [-0.05, 0) is 49.7 Å². The van der Waals surface area contributed by atoms with Crippen LogP contribution in [0.5, 0.6) is 11.5 Å². The smallest absolute Gasteiger partial charge is 0.252 e. The zero-order valence-electron chi connectivity index (χ0n) is 15.7. The van der Waals surface area contributed by atoms with Crippen LogP contribution in [0.25, 0.3) is 0 Å². The molecule has 1 unspecified atom stereocenters. The summed E-state index contributed by atoms with van der Waals surface area (Å²) in [6.07, 6.45) is 3.73. The molecule has 1 aliphatic rings. The highest BCUT2D eigenvalue weighted by molar-refractivity contribution is 5.93. The number of hydrogen-bond acceptors (Lipinski definition) is 5. The largest absolute Gasteiger partial charge is 0.493 e. The SMILES string of the molecule is COc1ccc(C(CNC(=O)c2ccc(=O)[nH]c2)N2CCCC2)cc1OC. The van der Waals surface area contributed by atoms with Crippen LogP contribution < -0.4 is 20.3 Å². The van der Waals surface area contributed by atoms with Gasteiger partial charge in [0, 0.05) is 18.8 Å². The number of ether oxygens (including phenoxy) is 2. The first-order chi connectivity index (χ1) is 13.1. The minimum absolute atomic E-state index is 0.0408. The minimum Gasteiger partial charge on any atom is -0.493 e. The third-order valence-electron chi connectivity index (χ3n) is 4.88. The van der Waals surface area contributed by atoms with Gasteiger partial charge in [0.1, 0.15) is 0 Å². The Hall–Kier alpha value is -2.80. The number of nitrogens with one attached hydrogen (secondary N) is 2. The molecule has 144 valence electrons. The zero-order valence-corrected chi connectivity index (χ0v) is 15.7. The number of H-pyrrole nitrogens is 1. The van der Waals surface area contributed by atoms with E-state index in [1.54, 1.807) is 14.2 Å². The van der Waals surface area contributed by atoms with Crippen LogP contribution in [0, 0.1) is 0 Å². The van der Waals surface area contributed by atoms with Crippen molar-refractivity contribution in [2.75, 3.05) is 33.9 Å². The molecular formula is C20H25N3O4. The maximum atomic E-state index is 12.4. The van der Waals surface area contributed by atoms with E-state index in [-0.39, 0.29) is 17.5 Å². The standard InChI is InChI=1S/C20H25N3O4/c1-26-17-7-5-14(11-18(17)27-2)16(23-9-3-4-10-23)13-22-20(25)15-6-8-19(24)21-12-15/h5-8,11-12,16H,3-4,9-10,13H2,1-2H3,(H,21,24)(H,22,25). The van der Waals surface area contributed by atoms with E-state index in [9.17, 15) is 9.59 Å². The number of pyridine rings is 1. The first-order valence-corrected chi connectivity index (χ1v) is 9.05. The van der Waals surface area contributed by atoms with Crippen molar-refractivity contribution < 1.29 is 14.3 Å². The highest BCUT2D eigenvalue weighted by Gasteiger charge is 2.25. The number of carbonyl (C=O) groups excluding carboxylic acids is 1. The number of aromatic nitrogens is 1. The maximum Gasteiger partial charge on any atom is 0.252 e. The van der Waals surface area contributed by atoms with Gasteiger partial charge in [-0.2, -0.15) is 0 Å². The predicted molar refractivity (Wildman–Crippen MR) is 102 cm³/mol. The molecule has 7 heteroatoms. The summed E-state index contributed by atoms with van der Waals surface area (Å²) in [4.78, 5) is 28.5. The summed E-state index contributed by atoms with van der Waals surface area (Å²) in [5.74, 6) is 1.14. The third-order valence-corrected chi connectivity index (χ3v) is 4.88. The molecule has 2 heterocycles. The topological polar surface area (TPSA) is 83.7 Å². The Morgan fingerprint density at radius 1 is 1.15 bits per heavy atom. The number of likely N-dealkylation sites (tertiary alicyclic amines) is 1. The quantitative estimate of drug-likeness (QED) is 0.777. The van der Waals surface area contributed by atoms with Crippen molar-refractivity contribution >= 4 is 5.91 Å². The van der Waals surface area contributed by atoms with E-state index in [1.165, 1.54) is 18.3 Å². The summed E-state index contributed by atoms with van der Waals surface area (Å²) in [7, 11) is 3.23. The number of methoxy groups -OCH3 is 2. The number of carbonyl (C=O) groups is 1. The van der Waals surface area contributed by atoms with Gasteiger partial charge in [-0.25, -0.2) is 0 Å². The first kappa shape index (κ1) is 19.0. The van der Waals surface area contributed by atoms with Crippen molar-refractivity contribution in [3.05, 3.63) is 58.0 Å². The van der Waals surface area contributed by atoms with Gasteiger partial charge in [0.2, 0.25) is 5.56 Å². The van der Waals surface area contributed by atoms with E-state index in [1.807, 2.05) is 18.2 Å². The lowest BCUT2D eigenvalue weighted by Crippen LogP contribution is -2.37. The van der Waals surface area contributed by atoms with Crippen LogP contribution in [0.2, 0.25) is 0 Å². The van der Waals surface area contributed by atoms with Crippen molar-refractivity contribution in [3.63, 3.8) is 0 Å². The monoisotopic (exact) mass is 371 g/mol. The van der Waals surface area contributed by atoms with Crippen molar-refractivity contribution in [2.24, 2.45) is 0 Å². The second-order valence-corrected chi connectivity index (χ2v) is 6.52. The Balaban J connectivity index is 1.78. The molecule has 2 aromatic rings. The number of benzene rings is 1. The lowest BCUT2D eigenvalue weighted by atomic mass is 10.0. The Labute approximate surface area is 158 Å². The van der Waals surface area contributed by atoms with E-state index in [4.69, 9.17) is 9.47 Å². The predicted octanol–water partition coefficient (Wildman–Crippen LogP) is 1.96. The Morgan fingerprint density at radius 3 is 2.52 bits per heavy atom. The van der Waals surface area contributed by atoms with Gasteiger partial charge < -0.3 is 19.8 Å². The molecule has 1 fully saturated rings. The number of aromatic amines is 1. The second-order valence-electron chi connectivity index (χ2n) is 6.52. The highest BCUT2D eigenvalue weighted by Crippen LogP contribution is 2.33. The molecule has 1 amide bonds. The molecule has 0 aliphatic carbocycles. The van der Waals surface area contributed by atoms with Gasteiger partial charge in [0.15, 0.2) is 11.5 Å². The van der Waals surface area contributed by atoms with Crippen LogP contribution in [0.1, 0.15) is 34.8 Å². The van der Waals surface area contributed by atoms with Crippen LogP contribution in [-0.4, -0.2) is 49.6 Å². The molecule has 1 saturated heterocycles. The molecule has 1 aromatic heterocycles. The molecule has 2 N–H and O–H groups in total. The van der Waals surface area contributed by atoms with E-state index < -0.39 is 0 Å². The van der Waals surface area contributed by atoms with Gasteiger partial charge >= 0.3 is 0 Å². The molecular weight excluding hydrogens is 346 g/mol. The summed E-state index contributed by atoms with van der Waals surface area (Å²) in [5, 5.41) is 2.99. The van der Waals surface area contributed by atoms with Gasteiger partial charge in [-0.15, -0.1) is 0 Å². The average molecular weight is 371 g/mol. The minimum atomic E-state index is -0.230. The molecule has 0 saturated carbocycles. The van der Waals surface area contributed by atoms with Crippen LogP contribution in [0.3, 0.4) is 0 Å². The Kier molecular flexibility index (Phi) is 6.13.